The van der Waals surface area contributed by atoms with E-state index in [0.717, 1.165) is 17.0 Å². The standard InChI is InChI=1S/C17H26N4O3/c1-10(9-14(22)15-7-6-8-24-15)18-17(23)19-11(2)16-12(3)20-21(5)13(16)4/h6-8,10-11,14,22H,9H2,1-5H3,(H2,18,19,23)/t10-,11-,14+/m0/s1. The molecular weight excluding hydrogens is 308 g/mol. The number of rotatable bonds is 6. The Morgan fingerprint density at radius 1 is 1.38 bits per heavy atom. The van der Waals surface area contributed by atoms with E-state index in [0.29, 0.717) is 12.2 Å². The molecule has 7 nitrogen and oxygen atoms in total. The van der Waals surface area contributed by atoms with E-state index in [-0.39, 0.29) is 18.1 Å². The Labute approximate surface area is 142 Å². The number of aliphatic hydroxyl groups is 1. The molecule has 0 aliphatic rings. The van der Waals surface area contributed by atoms with Crippen LogP contribution in [0.3, 0.4) is 0 Å². The van der Waals surface area contributed by atoms with Crippen LogP contribution >= 0.6 is 0 Å². The van der Waals surface area contributed by atoms with Gasteiger partial charge in [-0.2, -0.15) is 5.10 Å². The Balaban J connectivity index is 1.88. The van der Waals surface area contributed by atoms with Crippen molar-refractivity contribution < 1.29 is 14.3 Å². The molecule has 0 spiro atoms. The van der Waals surface area contributed by atoms with E-state index in [1.54, 1.807) is 12.1 Å². The van der Waals surface area contributed by atoms with Crippen LogP contribution < -0.4 is 10.6 Å². The zero-order chi connectivity index (χ0) is 17.9. The number of aryl methyl sites for hydroxylation is 2. The van der Waals surface area contributed by atoms with Gasteiger partial charge in [-0.1, -0.05) is 0 Å². The molecule has 3 atom stereocenters. The van der Waals surface area contributed by atoms with Crippen LogP contribution in [0.5, 0.6) is 0 Å². The van der Waals surface area contributed by atoms with Crippen molar-refractivity contribution in [1.82, 2.24) is 20.4 Å². The lowest BCUT2D eigenvalue weighted by molar-refractivity contribution is 0.129. The van der Waals surface area contributed by atoms with E-state index < -0.39 is 6.10 Å². The van der Waals surface area contributed by atoms with Crippen molar-refractivity contribution in [3.8, 4) is 0 Å². The number of hydrogen-bond acceptors (Lipinski definition) is 4. The predicted octanol–water partition coefficient (Wildman–Crippen LogP) is 2.50. The molecule has 0 unspecified atom stereocenters. The zero-order valence-corrected chi connectivity index (χ0v) is 14.8. The molecule has 2 aromatic rings. The van der Waals surface area contributed by atoms with Gasteiger partial charge >= 0.3 is 6.03 Å². The van der Waals surface area contributed by atoms with Gasteiger partial charge in [0, 0.05) is 30.8 Å². The lowest BCUT2D eigenvalue weighted by atomic mass is 10.1. The van der Waals surface area contributed by atoms with Crippen molar-refractivity contribution in [3.05, 3.63) is 41.1 Å². The second-order valence-corrected chi connectivity index (χ2v) is 6.22. The first kappa shape index (κ1) is 18.1. The van der Waals surface area contributed by atoms with E-state index >= 15 is 0 Å². The number of urea groups is 1. The molecule has 3 N–H and O–H groups in total. The maximum Gasteiger partial charge on any atom is 0.315 e. The van der Waals surface area contributed by atoms with Crippen molar-refractivity contribution in [3.63, 3.8) is 0 Å². The number of carbonyl (C=O) groups is 1. The zero-order valence-electron chi connectivity index (χ0n) is 14.8. The molecule has 2 amide bonds. The molecule has 2 heterocycles. The SMILES string of the molecule is Cc1nn(C)c(C)c1[C@H](C)NC(=O)N[C@@H](C)C[C@@H](O)c1ccco1. The predicted molar refractivity (Wildman–Crippen MR) is 90.5 cm³/mol. The van der Waals surface area contributed by atoms with Gasteiger partial charge in [0.2, 0.25) is 0 Å². The van der Waals surface area contributed by atoms with Crippen LogP contribution in [0.1, 0.15) is 55.1 Å². The fraction of sp³-hybridized carbons (Fsp3) is 0.529. The summed E-state index contributed by atoms with van der Waals surface area (Å²) in [5.74, 6) is 0.499. The van der Waals surface area contributed by atoms with Gasteiger partial charge in [0.15, 0.2) is 0 Å². The molecule has 2 rings (SSSR count). The minimum absolute atomic E-state index is 0.152. The Kier molecular flexibility index (Phi) is 5.66. The van der Waals surface area contributed by atoms with Gasteiger partial charge in [-0.25, -0.2) is 4.79 Å². The van der Waals surface area contributed by atoms with Crippen molar-refractivity contribution in [2.45, 2.75) is 52.3 Å². The van der Waals surface area contributed by atoms with Crippen LogP contribution in [0.2, 0.25) is 0 Å². The fourth-order valence-corrected chi connectivity index (χ4v) is 2.94. The number of hydrogen-bond donors (Lipinski definition) is 3. The lowest BCUT2D eigenvalue weighted by Gasteiger charge is -2.20. The first-order valence-corrected chi connectivity index (χ1v) is 8.08. The number of aromatic nitrogens is 2. The summed E-state index contributed by atoms with van der Waals surface area (Å²) >= 11 is 0. The molecule has 24 heavy (non-hydrogen) atoms. The minimum Gasteiger partial charge on any atom is -0.467 e. The minimum atomic E-state index is -0.740. The summed E-state index contributed by atoms with van der Waals surface area (Å²) in [6, 6.07) is 2.82. The highest BCUT2D eigenvalue weighted by Crippen LogP contribution is 2.21. The molecule has 0 bridgehead atoms. The lowest BCUT2D eigenvalue weighted by Crippen LogP contribution is -2.42. The molecule has 0 aliphatic carbocycles. The number of nitrogens with one attached hydrogen (secondary N) is 2. The van der Waals surface area contributed by atoms with Crippen LogP contribution in [-0.2, 0) is 7.05 Å². The van der Waals surface area contributed by atoms with E-state index in [4.69, 9.17) is 4.42 Å². The summed E-state index contributed by atoms with van der Waals surface area (Å²) in [4.78, 5) is 12.2. The largest absolute Gasteiger partial charge is 0.467 e. The molecule has 0 aromatic carbocycles. The first-order chi connectivity index (χ1) is 11.3. The van der Waals surface area contributed by atoms with Crippen LogP contribution in [-0.4, -0.2) is 27.0 Å². The third-order valence-electron chi connectivity index (χ3n) is 4.17. The number of aliphatic hydroxyl groups excluding tert-OH is 1. The summed E-state index contributed by atoms with van der Waals surface area (Å²) in [6.07, 6.45) is 1.15. The van der Waals surface area contributed by atoms with Crippen LogP contribution in [0.15, 0.2) is 22.8 Å². The van der Waals surface area contributed by atoms with Gasteiger partial charge in [-0.15, -0.1) is 0 Å². The third-order valence-corrected chi connectivity index (χ3v) is 4.17. The van der Waals surface area contributed by atoms with E-state index in [1.165, 1.54) is 6.26 Å². The van der Waals surface area contributed by atoms with E-state index in [1.807, 2.05) is 39.4 Å². The maximum atomic E-state index is 12.2. The second kappa shape index (κ2) is 7.53. The fourth-order valence-electron chi connectivity index (χ4n) is 2.94. The molecule has 2 aromatic heterocycles. The molecule has 0 fully saturated rings. The third kappa shape index (κ3) is 4.17. The van der Waals surface area contributed by atoms with Gasteiger partial charge in [-0.05, 0) is 39.8 Å². The summed E-state index contributed by atoms with van der Waals surface area (Å²) in [5, 5.41) is 20.2. The van der Waals surface area contributed by atoms with Crippen LogP contribution in [0.4, 0.5) is 4.79 Å². The number of amides is 2. The van der Waals surface area contributed by atoms with Crippen LogP contribution in [0, 0.1) is 13.8 Å². The highest BCUT2D eigenvalue weighted by Gasteiger charge is 2.20. The van der Waals surface area contributed by atoms with Gasteiger partial charge in [0.05, 0.1) is 18.0 Å². The summed E-state index contributed by atoms with van der Waals surface area (Å²) < 4.78 is 6.97. The Bertz CT molecular complexity index is 678. The van der Waals surface area contributed by atoms with Gasteiger partial charge < -0.3 is 20.2 Å². The van der Waals surface area contributed by atoms with Crippen molar-refractivity contribution in [1.29, 1.82) is 0 Å². The normalized spacial score (nSPS) is 14.9. The highest BCUT2D eigenvalue weighted by atomic mass is 16.4. The smallest absolute Gasteiger partial charge is 0.315 e. The van der Waals surface area contributed by atoms with Gasteiger partial charge in [0.1, 0.15) is 11.9 Å². The van der Waals surface area contributed by atoms with E-state index in [9.17, 15) is 9.90 Å². The number of carbonyl (C=O) groups excluding carboxylic acids is 1. The van der Waals surface area contributed by atoms with Gasteiger partial charge in [0.25, 0.3) is 0 Å². The average molecular weight is 334 g/mol. The molecule has 0 saturated carbocycles. The molecule has 0 radical (unpaired) electrons. The Morgan fingerprint density at radius 2 is 2.08 bits per heavy atom. The number of furan rings is 1. The quantitative estimate of drug-likeness (QED) is 0.757. The van der Waals surface area contributed by atoms with Crippen molar-refractivity contribution >= 4 is 6.03 Å². The summed E-state index contributed by atoms with van der Waals surface area (Å²) in [7, 11) is 1.89. The Morgan fingerprint density at radius 3 is 2.62 bits per heavy atom. The number of nitrogens with zero attached hydrogens (tertiary/aromatic N) is 2. The summed E-state index contributed by atoms with van der Waals surface area (Å²) in [5.41, 5.74) is 2.96. The van der Waals surface area contributed by atoms with E-state index in [2.05, 4.69) is 15.7 Å². The van der Waals surface area contributed by atoms with Gasteiger partial charge in [-0.3, -0.25) is 4.68 Å². The summed E-state index contributed by atoms with van der Waals surface area (Å²) in [6.45, 7) is 7.68. The molecule has 132 valence electrons. The van der Waals surface area contributed by atoms with Crippen molar-refractivity contribution in [2.75, 3.05) is 0 Å². The monoisotopic (exact) mass is 334 g/mol. The topological polar surface area (TPSA) is 92.3 Å². The highest BCUT2D eigenvalue weighted by molar-refractivity contribution is 5.74. The first-order valence-electron chi connectivity index (χ1n) is 8.08. The molecule has 0 saturated heterocycles. The molecule has 7 heteroatoms. The molecule has 0 aliphatic heterocycles. The Hall–Kier alpha value is -2.28. The second-order valence-electron chi connectivity index (χ2n) is 6.22. The molecular formula is C17H26N4O3. The average Bonchev–Trinajstić information content (AvgIpc) is 3.07. The van der Waals surface area contributed by atoms with Crippen LogP contribution in [0.25, 0.3) is 0 Å². The maximum absolute atomic E-state index is 12.2. The van der Waals surface area contributed by atoms with Crippen molar-refractivity contribution in [2.24, 2.45) is 7.05 Å².